The molecule has 0 spiro atoms. The smallest absolute Gasteiger partial charge is 0.343 e. The molecule has 1 aliphatic rings. The molecular formula is C13H19N3O3. The minimum Gasteiger partial charge on any atom is -0.465 e. The number of nitrogens with zero attached hydrogens (tertiary/aromatic N) is 3. The number of esters is 1. The van der Waals surface area contributed by atoms with Gasteiger partial charge in [0.1, 0.15) is 17.7 Å². The number of carbonyl (C=O) groups excluding carboxylic acids is 1. The monoisotopic (exact) mass is 265 g/mol. The first-order valence-corrected chi connectivity index (χ1v) is 6.28. The Morgan fingerprint density at radius 2 is 2.26 bits per heavy atom. The lowest BCUT2D eigenvalue weighted by Crippen LogP contribution is -2.48. The number of carbonyl (C=O) groups is 1. The quantitative estimate of drug-likeness (QED) is 0.767. The van der Waals surface area contributed by atoms with Crippen molar-refractivity contribution in [1.29, 1.82) is 0 Å². The second-order valence-electron chi connectivity index (χ2n) is 4.93. The third-order valence-corrected chi connectivity index (χ3v) is 3.55. The van der Waals surface area contributed by atoms with Gasteiger partial charge in [-0.05, 0) is 19.8 Å². The van der Waals surface area contributed by atoms with Crippen molar-refractivity contribution in [2.24, 2.45) is 0 Å². The van der Waals surface area contributed by atoms with Gasteiger partial charge in [0.25, 0.3) is 0 Å². The molecule has 0 amide bonds. The summed E-state index contributed by atoms with van der Waals surface area (Å²) in [6.45, 7) is 3.61. The van der Waals surface area contributed by atoms with Crippen LogP contribution in [0.4, 0.5) is 5.82 Å². The largest absolute Gasteiger partial charge is 0.465 e. The van der Waals surface area contributed by atoms with Gasteiger partial charge in [0.05, 0.1) is 12.7 Å². The van der Waals surface area contributed by atoms with Crippen LogP contribution in [0.1, 0.15) is 30.1 Å². The fourth-order valence-electron chi connectivity index (χ4n) is 2.38. The van der Waals surface area contributed by atoms with Crippen molar-refractivity contribution in [3.63, 3.8) is 0 Å². The molecule has 0 saturated carbocycles. The fraction of sp³-hybridized carbons (Fsp3) is 0.615. The number of piperidine rings is 1. The summed E-state index contributed by atoms with van der Waals surface area (Å²) in [5.41, 5.74) is 0.182. The van der Waals surface area contributed by atoms with Crippen LogP contribution in [0.15, 0.2) is 12.5 Å². The molecule has 0 aromatic carbocycles. The Balaban J connectivity index is 2.29. The van der Waals surface area contributed by atoms with Crippen LogP contribution in [0.3, 0.4) is 0 Å². The summed E-state index contributed by atoms with van der Waals surface area (Å²) in [7, 11) is 3.07. The van der Waals surface area contributed by atoms with E-state index < -0.39 is 5.97 Å². The number of anilines is 1. The fourth-order valence-corrected chi connectivity index (χ4v) is 2.38. The van der Waals surface area contributed by atoms with E-state index in [0.29, 0.717) is 17.9 Å². The lowest BCUT2D eigenvalue weighted by Gasteiger charge is -2.40. The maximum Gasteiger partial charge on any atom is 0.343 e. The van der Waals surface area contributed by atoms with E-state index in [9.17, 15) is 4.79 Å². The Morgan fingerprint density at radius 1 is 1.47 bits per heavy atom. The molecule has 0 radical (unpaired) electrons. The van der Waals surface area contributed by atoms with Crippen molar-refractivity contribution in [3.8, 4) is 0 Å². The first kappa shape index (κ1) is 13.7. The summed E-state index contributed by atoms with van der Waals surface area (Å²) >= 11 is 0. The van der Waals surface area contributed by atoms with Crippen molar-refractivity contribution in [1.82, 2.24) is 9.97 Å². The van der Waals surface area contributed by atoms with Gasteiger partial charge >= 0.3 is 5.97 Å². The van der Waals surface area contributed by atoms with Gasteiger partial charge in [-0.25, -0.2) is 14.8 Å². The SMILES string of the molecule is COC(=O)c1cncnc1N1CCCC(C)(OC)C1. The minimum absolute atomic E-state index is 0.212. The van der Waals surface area contributed by atoms with Gasteiger partial charge in [-0.2, -0.15) is 0 Å². The number of methoxy groups -OCH3 is 2. The predicted molar refractivity (Wildman–Crippen MR) is 70.2 cm³/mol. The average molecular weight is 265 g/mol. The molecule has 0 N–H and O–H groups in total. The zero-order chi connectivity index (χ0) is 13.9. The van der Waals surface area contributed by atoms with Crippen LogP contribution in [0.5, 0.6) is 0 Å². The van der Waals surface area contributed by atoms with E-state index in [4.69, 9.17) is 9.47 Å². The normalized spacial score (nSPS) is 23.2. The second kappa shape index (κ2) is 5.52. The van der Waals surface area contributed by atoms with E-state index in [2.05, 4.69) is 21.8 Å². The van der Waals surface area contributed by atoms with E-state index in [1.807, 2.05) is 0 Å². The van der Waals surface area contributed by atoms with Crippen molar-refractivity contribution in [2.45, 2.75) is 25.4 Å². The highest BCUT2D eigenvalue weighted by atomic mass is 16.5. The van der Waals surface area contributed by atoms with Gasteiger partial charge in [-0.3, -0.25) is 0 Å². The van der Waals surface area contributed by atoms with E-state index >= 15 is 0 Å². The summed E-state index contributed by atoms with van der Waals surface area (Å²) in [6, 6.07) is 0. The highest BCUT2D eigenvalue weighted by molar-refractivity contribution is 5.94. The Bertz CT molecular complexity index is 466. The standard InChI is InChI=1S/C13H19N3O3/c1-13(19-3)5-4-6-16(8-13)11-10(12(17)18-2)7-14-9-15-11/h7,9H,4-6,8H2,1-3H3. The molecule has 6 nitrogen and oxygen atoms in total. The number of aromatic nitrogens is 2. The first-order chi connectivity index (χ1) is 9.09. The van der Waals surface area contributed by atoms with Gasteiger partial charge in [0.15, 0.2) is 0 Å². The van der Waals surface area contributed by atoms with E-state index in [-0.39, 0.29) is 5.60 Å². The Labute approximate surface area is 112 Å². The Kier molecular flexibility index (Phi) is 3.99. The van der Waals surface area contributed by atoms with E-state index in [1.165, 1.54) is 19.6 Å². The van der Waals surface area contributed by atoms with Crippen molar-refractivity contribution in [3.05, 3.63) is 18.1 Å². The molecule has 1 aromatic rings. The Morgan fingerprint density at radius 3 is 2.95 bits per heavy atom. The number of hydrogen-bond donors (Lipinski definition) is 0. The average Bonchev–Trinajstić information content (AvgIpc) is 2.46. The molecule has 1 fully saturated rings. The summed E-state index contributed by atoms with van der Waals surface area (Å²) < 4.78 is 10.3. The predicted octanol–water partition coefficient (Wildman–Crippen LogP) is 1.27. The molecule has 19 heavy (non-hydrogen) atoms. The van der Waals surface area contributed by atoms with Crippen molar-refractivity contribution in [2.75, 3.05) is 32.2 Å². The molecule has 1 saturated heterocycles. The zero-order valence-corrected chi connectivity index (χ0v) is 11.5. The summed E-state index contributed by atoms with van der Waals surface area (Å²) in [6.07, 6.45) is 4.93. The van der Waals surface area contributed by atoms with E-state index in [0.717, 1.165) is 19.4 Å². The van der Waals surface area contributed by atoms with Crippen LogP contribution in [0.25, 0.3) is 0 Å². The third-order valence-electron chi connectivity index (χ3n) is 3.55. The molecule has 1 atom stereocenters. The van der Waals surface area contributed by atoms with Gasteiger partial charge in [0.2, 0.25) is 0 Å². The molecule has 1 unspecified atom stereocenters. The molecule has 104 valence electrons. The van der Waals surface area contributed by atoms with Crippen molar-refractivity contribution >= 4 is 11.8 Å². The van der Waals surface area contributed by atoms with Crippen LogP contribution in [0, 0.1) is 0 Å². The van der Waals surface area contributed by atoms with Gasteiger partial charge < -0.3 is 14.4 Å². The van der Waals surface area contributed by atoms with Gasteiger partial charge in [-0.1, -0.05) is 0 Å². The Hall–Kier alpha value is -1.69. The molecule has 1 aromatic heterocycles. The van der Waals surface area contributed by atoms with Gasteiger partial charge in [-0.15, -0.1) is 0 Å². The number of ether oxygens (including phenoxy) is 2. The summed E-state index contributed by atoms with van der Waals surface area (Å²) in [4.78, 5) is 21.9. The highest BCUT2D eigenvalue weighted by Gasteiger charge is 2.33. The van der Waals surface area contributed by atoms with E-state index in [1.54, 1.807) is 7.11 Å². The lowest BCUT2D eigenvalue weighted by atomic mass is 9.94. The first-order valence-electron chi connectivity index (χ1n) is 6.28. The molecule has 2 heterocycles. The molecule has 1 aliphatic heterocycles. The number of hydrogen-bond acceptors (Lipinski definition) is 6. The van der Waals surface area contributed by atoms with Crippen LogP contribution in [-0.4, -0.2) is 48.8 Å². The maximum absolute atomic E-state index is 11.7. The lowest BCUT2D eigenvalue weighted by molar-refractivity contribution is -0.00490. The van der Waals surface area contributed by atoms with Crippen LogP contribution < -0.4 is 4.90 Å². The molecule has 2 rings (SSSR count). The minimum atomic E-state index is -0.416. The molecule has 0 bridgehead atoms. The van der Waals surface area contributed by atoms with Gasteiger partial charge in [0, 0.05) is 26.4 Å². The number of rotatable bonds is 3. The molecular weight excluding hydrogens is 246 g/mol. The molecule has 6 heteroatoms. The maximum atomic E-state index is 11.7. The van der Waals surface area contributed by atoms with Crippen molar-refractivity contribution < 1.29 is 14.3 Å². The van der Waals surface area contributed by atoms with Crippen LogP contribution in [-0.2, 0) is 9.47 Å². The second-order valence-corrected chi connectivity index (χ2v) is 4.93. The van der Waals surface area contributed by atoms with Crippen LogP contribution >= 0.6 is 0 Å². The third kappa shape index (κ3) is 2.84. The molecule has 0 aliphatic carbocycles. The highest BCUT2D eigenvalue weighted by Crippen LogP contribution is 2.28. The topological polar surface area (TPSA) is 64.5 Å². The zero-order valence-electron chi connectivity index (χ0n) is 11.5. The summed E-state index contributed by atoms with van der Waals surface area (Å²) in [5, 5.41) is 0. The summed E-state index contributed by atoms with van der Waals surface area (Å²) in [5.74, 6) is 0.199. The van der Waals surface area contributed by atoms with Crippen LogP contribution in [0.2, 0.25) is 0 Å².